The van der Waals surface area contributed by atoms with E-state index in [1.807, 2.05) is 0 Å². The molecule has 0 aliphatic carbocycles. The smallest absolute Gasteiger partial charge is 0.387 e. The predicted octanol–water partition coefficient (Wildman–Crippen LogP) is 3.86. The third kappa shape index (κ3) is 4.25. The Morgan fingerprint density at radius 1 is 1.25 bits per heavy atom. The molecule has 2 aromatic carbocycles. The maximum absolute atomic E-state index is 12.3. The molecule has 126 valence electrons. The summed E-state index contributed by atoms with van der Waals surface area (Å²) in [6.07, 6.45) is 0. The lowest BCUT2D eigenvalue weighted by Gasteiger charge is -2.11. The summed E-state index contributed by atoms with van der Waals surface area (Å²) in [6.45, 7) is -1.75. The number of hydrogen-bond donors (Lipinski definition) is 0. The number of nitro groups is 1. The standard InChI is InChI=1S/C16H13F2NO5/c1-10-6-7-11(8-13(10)19(21)22)15(20)23-9-12-4-2-3-5-14(12)24-16(17)18/h2-8,16H,9H2,1H3. The molecule has 0 aliphatic heterocycles. The molecule has 0 aromatic heterocycles. The van der Waals surface area contributed by atoms with Gasteiger partial charge in [-0.2, -0.15) is 8.78 Å². The summed E-state index contributed by atoms with van der Waals surface area (Å²) in [5.74, 6) is -0.903. The van der Waals surface area contributed by atoms with Crippen LogP contribution in [0.1, 0.15) is 21.5 Å². The number of nitrogens with zero attached hydrogens (tertiary/aromatic N) is 1. The Hall–Kier alpha value is -3.03. The molecule has 0 N–H and O–H groups in total. The molecule has 2 rings (SSSR count). The number of carbonyl (C=O) groups excluding carboxylic acids is 1. The third-order valence-electron chi connectivity index (χ3n) is 3.19. The van der Waals surface area contributed by atoms with E-state index < -0.39 is 17.5 Å². The van der Waals surface area contributed by atoms with Gasteiger partial charge in [0.05, 0.1) is 10.5 Å². The van der Waals surface area contributed by atoms with Crippen molar-refractivity contribution in [3.8, 4) is 5.75 Å². The molecule has 0 saturated carbocycles. The number of rotatable bonds is 6. The van der Waals surface area contributed by atoms with Crippen molar-refractivity contribution in [2.45, 2.75) is 20.1 Å². The summed E-state index contributed by atoms with van der Waals surface area (Å²) in [6, 6.07) is 9.83. The summed E-state index contributed by atoms with van der Waals surface area (Å²) in [5, 5.41) is 10.9. The Labute approximate surface area is 135 Å². The highest BCUT2D eigenvalue weighted by atomic mass is 19.3. The molecule has 0 saturated heterocycles. The monoisotopic (exact) mass is 337 g/mol. The molecule has 0 unspecified atom stereocenters. The highest BCUT2D eigenvalue weighted by Crippen LogP contribution is 2.23. The Bertz CT molecular complexity index is 764. The maximum Gasteiger partial charge on any atom is 0.387 e. The van der Waals surface area contributed by atoms with Gasteiger partial charge in [0, 0.05) is 17.2 Å². The fourth-order valence-electron chi connectivity index (χ4n) is 1.99. The van der Waals surface area contributed by atoms with Gasteiger partial charge in [-0.3, -0.25) is 10.1 Å². The molecule has 2 aromatic rings. The number of ether oxygens (including phenoxy) is 2. The van der Waals surface area contributed by atoms with Gasteiger partial charge in [-0.15, -0.1) is 0 Å². The van der Waals surface area contributed by atoms with Crippen molar-refractivity contribution in [2.75, 3.05) is 0 Å². The van der Waals surface area contributed by atoms with E-state index in [1.54, 1.807) is 13.0 Å². The fraction of sp³-hybridized carbons (Fsp3) is 0.188. The van der Waals surface area contributed by atoms with Crippen molar-refractivity contribution in [2.24, 2.45) is 0 Å². The van der Waals surface area contributed by atoms with Crippen LogP contribution in [0.15, 0.2) is 42.5 Å². The van der Waals surface area contributed by atoms with Crippen LogP contribution in [-0.2, 0) is 11.3 Å². The van der Waals surface area contributed by atoms with Crippen molar-refractivity contribution >= 4 is 11.7 Å². The van der Waals surface area contributed by atoms with Gasteiger partial charge in [-0.05, 0) is 19.1 Å². The van der Waals surface area contributed by atoms with Crippen molar-refractivity contribution in [3.63, 3.8) is 0 Å². The quantitative estimate of drug-likeness (QED) is 0.454. The zero-order valence-electron chi connectivity index (χ0n) is 12.6. The number of benzene rings is 2. The number of nitro benzene ring substituents is 1. The molecule has 0 fully saturated rings. The lowest BCUT2D eigenvalue weighted by atomic mass is 10.1. The Morgan fingerprint density at radius 2 is 1.96 bits per heavy atom. The average Bonchev–Trinajstić information content (AvgIpc) is 2.53. The van der Waals surface area contributed by atoms with Gasteiger partial charge in [-0.25, -0.2) is 4.79 Å². The van der Waals surface area contributed by atoms with Crippen LogP contribution in [-0.4, -0.2) is 17.5 Å². The zero-order chi connectivity index (χ0) is 17.7. The number of halogens is 2. The molecule has 0 heterocycles. The van der Waals surface area contributed by atoms with E-state index in [-0.39, 0.29) is 29.2 Å². The largest absolute Gasteiger partial charge is 0.457 e. The molecule has 0 bridgehead atoms. The van der Waals surface area contributed by atoms with E-state index in [2.05, 4.69) is 4.74 Å². The molecule has 6 nitrogen and oxygen atoms in total. The van der Waals surface area contributed by atoms with E-state index in [4.69, 9.17) is 4.74 Å². The summed E-state index contributed by atoms with van der Waals surface area (Å²) >= 11 is 0. The molecule has 0 amide bonds. The minimum absolute atomic E-state index is 0.000408. The van der Waals surface area contributed by atoms with Gasteiger partial charge in [0.25, 0.3) is 5.69 Å². The minimum atomic E-state index is -3.00. The van der Waals surface area contributed by atoms with Gasteiger partial charge < -0.3 is 9.47 Å². The van der Waals surface area contributed by atoms with Crippen LogP contribution in [0.4, 0.5) is 14.5 Å². The van der Waals surface area contributed by atoms with Crippen molar-refractivity contribution < 1.29 is 28.0 Å². The third-order valence-corrected chi connectivity index (χ3v) is 3.19. The van der Waals surface area contributed by atoms with Crippen LogP contribution >= 0.6 is 0 Å². The fourth-order valence-corrected chi connectivity index (χ4v) is 1.99. The molecule has 0 spiro atoms. The van der Waals surface area contributed by atoms with Gasteiger partial charge in [-0.1, -0.05) is 24.3 Å². The van der Waals surface area contributed by atoms with Gasteiger partial charge in [0.2, 0.25) is 0 Å². The number of carbonyl (C=O) groups is 1. The molecular formula is C16H13F2NO5. The van der Waals surface area contributed by atoms with E-state index in [1.165, 1.54) is 30.3 Å². The van der Waals surface area contributed by atoms with Crippen LogP contribution in [0, 0.1) is 17.0 Å². The first-order valence-electron chi connectivity index (χ1n) is 6.83. The molecule has 8 heteroatoms. The zero-order valence-corrected chi connectivity index (χ0v) is 12.6. The highest BCUT2D eigenvalue weighted by molar-refractivity contribution is 5.90. The van der Waals surface area contributed by atoms with E-state index in [0.29, 0.717) is 5.56 Å². The van der Waals surface area contributed by atoms with Crippen LogP contribution in [0.5, 0.6) is 5.75 Å². The first-order valence-corrected chi connectivity index (χ1v) is 6.83. The lowest BCUT2D eigenvalue weighted by Crippen LogP contribution is -2.09. The number of alkyl halides is 2. The summed E-state index contributed by atoms with van der Waals surface area (Å²) < 4.78 is 34.0. The predicted molar refractivity (Wildman–Crippen MR) is 80.0 cm³/mol. The topological polar surface area (TPSA) is 78.7 Å². The maximum atomic E-state index is 12.3. The lowest BCUT2D eigenvalue weighted by molar-refractivity contribution is -0.385. The van der Waals surface area contributed by atoms with E-state index >= 15 is 0 Å². The van der Waals surface area contributed by atoms with Crippen molar-refractivity contribution in [1.82, 2.24) is 0 Å². The second kappa shape index (κ2) is 7.49. The van der Waals surface area contributed by atoms with Crippen molar-refractivity contribution in [1.29, 1.82) is 0 Å². The van der Waals surface area contributed by atoms with Crippen LogP contribution in [0.3, 0.4) is 0 Å². The van der Waals surface area contributed by atoms with Gasteiger partial charge in [0.15, 0.2) is 0 Å². The summed E-state index contributed by atoms with van der Waals surface area (Å²) in [5.41, 5.74) is 0.463. The van der Waals surface area contributed by atoms with Gasteiger partial charge >= 0.3 is 12.6 Å². The Morgan fingerprint density at radius 3 is 2.62 bits per heavy atom. The first kappa shape index (κ1) is 17.3. The Balaban J connectivity index is 2.12. The van der Waals surface area contributed by atoms with Crippen molar-refractivity contribution in [3.05, 3.63) is 69.3 Å². The Kier molecular flexibility index (Phi) is 5.41. The van der Waals surface area contributed by atoms with Crippen LogP contribution in [0.2, 0.25) is 0 Å². The number of para-hydroxylation sites is 1. The van der Waals surface area contributed by atoms with Crippen LogP contribution in [0.25, 0.3) is 0 Å². The minimum Gasteiger partial charge on any atom is -0.457 e. The second-order valence-corrected chi connectivity index (χ2v) is 4.82. The SMILES string of the molecule is Cc1ccc(C(=O)OCc2ccccc2OC(F)F)cc1[N+](=O)[O-]. The van der Waals surface area contributed by atoms with E-state index in [0.717, 1.165) is 6.07 Å². The normalized spacial score (nSPS) is 10.5. The highest BCUT2D eigenvalue weighted by Gasteiger charge is 2.17. The first-order chi connectivity index (χ1) is 11.4. The molecule has 24 heavy (non-hydrogen) atoms. The number of esters is 1. The molecular weight excluding hydrogens is 324 g/mol. The second-order valence-electron chi connectivity index (χ2n) is 4.82. The summed E-state index contributed by atoms with van der Waals surface area (Å²) in [7, 11) is 0. The number of aryl methyl sites for hydroxylation is 1. The summed E-state index contributed by atoms with van der Waals surface area (Å²) in [4.78, 5) is 22.3. The van der Waals surface area contributed by atoms with Gasteiger partial charge in [0.1, 0.15) is 12.4 Å². The van der Waals surface area contributed by atoms with Crippen LogP contribution < -0.4 is 4.74 Å². The number of hydrogen-bond acceptors (Lipinski definition) is 5. The van der Waals surface area contributed by atoms with E-state index in [9.17, 15) is 23.7 Å². The average molecular weight is 337 g/mol. The molecule has 0 atom stereocenters. The molecule has 0 aliphatic rings. The molecule has 0 radical (unpaired) electrons.